The standard InChI is InChI=1S/C12H16ClNO2/c1-16-10-5-6-14(7-10)12-9(8-15)3-2-4-11(12)13/h2-4,10,15H,5-8H2,1H3. The van der Waals surface area contributed by atoms with E-state index in [0.29, 0.717) is 5.02 Å². The molecule has 0 saturated carbocycles. The number of nitrogens with zero attached hydrogens (tertiary/aromatic N) is 1. The molecule has 1 heterocycles. The Morgan fingerprint density at radius 3 is 3.00 bits per heavy atom. The lowest BCUT2D eigenvalue weighted by Gasteiger charge is -2.22. The van der Waals surface area contributed by atoms with E-state index in [0.717, 1.165) is 30.8 Å². The van der Waals surface area contributed by atoms with Crippen LogP contribution >= 0.6 is 11.6 Å². The van der Waals surface area contributed by atoms with Crippen molar-refractivity contribution < 1.29 is 9.84 Å². The van der Waals surface area contributed by atoms with Crippen molar-refractivity contribution in [1.82, 2.24) is 0 Å². The highest BCUT2D eigenvalue weighted by Crippen LogP contribution is 2.32. The van der Waals surface area contributed by atoms with Gasteiger partial charge in [-0.15, -0.1) is 0 Å². The predicted molar refractivity (Wildman–Crippen MR) is 65.0 cm³/mol. The van der Waals surface area contributed by atoms with Crippen molar-refractivity contribution in [2.45, 2.75) is 19.1 Å². The van der Waals surface area contributed by atoms with E-state index in [1.807, 2.05) is 18.2 Å². The Balaban J connectivity index is 2.26. The number of rotatable bonds is 3. The van der Waals surface area contributed by atoms with Crippen LogP contribution in [0.5, 0.6) is 0 Å². The molecule has 1 unspecified atom stereocenters. The summed E-state index contributed by atoms with van der Waals surface area (Å²) in [6.45, 7) is 1.78. The summed E-state index contributed by atoms with van der Waals surface area (Å²) in [6.07, 6.45) is 1.27. The van der Waals surface area contributed by atoms with Gasteiger partial charge in [-0.1, -0.05) is 23.7 Å². The van der Waals surface area contributed by atoms with Gasteiger partial charge in [0.25, 0.3) is 0 Å². The molecular weight excluding hydrogens is 226 g/mol. The molecule has 16 heavy (non-hydrogen) atoms. The average molecular weight is 242 g/mol. The van der Waals surface area contributed by atoms with E-state index in [-0.39, 0.29) is 12.7 Å². The van der Waals surface area contributed by atoms with E-state index in [9.17, 15) is 5.11 Å². The molecule has 0 radical (unpaired) electrons. The molecule has 0 bridgehead atoms. The maximum atomic E-state index is 9.31. The molecule has 2 rings (SSSR count). The Morgan fingerprint density at radius 2 is 2.38 bits per heavy atom. The number of hydrogen-bond donors (Lipinski definition) is 1. The lowest BCUT2D eigenvalue weighted by atomic mass is 10.1. The zero-order valence-corrected chi connectivity index (χ0v) is 10.1. The smallest absolute Gasteiger partial charge is 0.0762 e. The number of hydrogen-bond acceptors (Lipinski definition) is 3. The van der Waals surface area contributed by atoms with Crippen molar-refractivity contribution >= 4 is 17.3 Å². The lowest BCUT2D eigenvalue weighted by molar-refractivity contribution is 0.121. The van der Waals surface area contributed by atoms with Gasteiger partial charge < -0.3 is 14.7 Å². The van der Waals surface area contributed by atoms with Gasteiger partial charge in [-0.3, -0.25) is 0 Å². The van der Waals surface area contributed by atoms with Gasteiger partial charge in [-0.05, 0) is 12.5 Å². The largest absolute Gasteiger partial charge is 0.392 e. The van der Waals surface area contributed by atoms with Crippen LogP contribution in [0.3, 0.4) is 0 Å². The van der Waals surface area contributed by atoms with Gasteiger partial charge in [0, 0.05) is 25.8 Å². The zero-order valence-electron chi connectivity index (χ0n) is 9.32. The second kappa shape index (κ2) is 5.04. The van der Waals surface area contributed by atoms with Crippen molar-refractivity contribution in [1.29, 1.82) is 0 Å². The topological polar surface area (TPSA) is 32.7 Å². The molecular formula is C12H16ClNO2. The third kappa shape index (κ3) is 2.17. The molecule has 0 amide bonds. The maximum absolute atomic E-state index is 9.31. The first-order valence-corrected chi connectivity index (χ1v) is 5.80. The molecule has 88 valence electrons. The molecule has 0 spiro atoms. The second-order valence-corrected chi connectivity index (χ2v) is 4.41. The van der Waals surface area contributed by atoms with Gasteiger partial charge in [-0.2, -0.15) is 0 Å². The molecule has 1 aliphatic rings. The molecule has 1 saturated heterocycles. The third-order valence-corrected chi connectivity index (χ3v) is 3.34. The monoisotopic (exact) mass is 241 g/mol. The summed E-state index contributed by atoms with van der Waals surface area (Å²) in [5.74, 6) is 0. The van der Waals surface area contributed by atoms with Crippen molar-refractivity contribution in [2.24, 2.45) is 0 Å². The number of anilines is 1. The molecule has 1 aromatic carbocycles. The summed E-state index contributed by atoms with van der Waals surface area (Å²) < 4.78 is 5.33. The summed E-state index contributed by atoms with van der Waals surface area (Å²) in [4.78, 5) is 2.18. The second-order valence-electron chi connectivity index (χ2n) is 4.00. The Morgan fingerprint density at radius 1 is 1.56 bits per heavy atom. The van der Waals surface area contributed by atoms with Crippen LogP contribution in [0.2, 0.25) is 5.02 Å². The highest BCUT2D eigenvalue weighted by atomic mass is 35.5. The van der Waals surface area contributed by atoms with Gasteiger partial charge in [0.1, 0.15) is 0 Å². The van der Waals surface area contributed by atoms with E-state index in [4.69, 9.17) is 16.3 Å². The summed E-state index contributed by atoms with van der Waals surface area (Å²) in [7, 11) is 1.73. The van der Waals surface area contributed by atoms with Crippen LogP contribution in [0.15, 0.2) is 18.2 Å². The molecule has 3 nitrogen and oxygen atoms in total. The number of halogens is 1. The summed E-state index contributed by atoms with van der Waals surface area (Å²) >= 11 is 6.19. The minimum Gasteiger partial charge on any atom is -0.392 e. The van der Waals surface area contributed by atoms with Crippen molar-refractivity contribution in [3.05, 3.63) is 28.8 Å². The quantitative estimate of drug-likeness (QED) is 0.879. The first-order chi connectivity index (χ1) is 7.76. The third-order valence-electron chi connectivity index (χ3n) is 3.04. The van der Waals surface area contributed by atoms with Crippen molar-refractivity contribution in [3.63, 3.8) is 0 Å². The maximum Gasteiger partial charge on any atom is 0.0762 e. The van der Waals surface area contributed by atoms with E-state index >= 15 is 0 Å². The number of para-hydroxylation sites is 1. The minimum absolute atomic E-state index is 0.0179. The molecule has 1 aromatic rings. The Hall–Kier alpha value is -0.770. The van der Waals surface area contributed by atoms with Crippen LogP contribution in [-0.4, -0.2) is 31.4 Å². The van der Waals surface area contributed by atoms with Crippen molar-refractivity contribution in [3.8, 4) is 0 Å². The highest BCUT2D eigenvalue weighted by molar-refractivity contribution is 6.33. The van der Waals surface area contributed by atoms with Crippen LogP contribution < -0.4 is 4.90 Å². The fourth-order valence-corrected chi connectivity index (χ4v) is 2.48. The Bertz CT molecular complexity index is 370. The van der Waals surface area contributed by atoms with Crippen LogP contribution in [0.1, 0.15) is 12.0 Å². The van der Waals surface area contributed by atoms with Gasteiger partial charge in [-0.25, -0.2) is 0 Å². The first-order valence-electron chi connectivity index (χ1n) is 5.42. The van der Waals surface area contributed by atoms with Crippen molar-refractivity contribution in [2.75, 3.05) is 25.1 Å². The average Bonchev–Trinajstić information content (AvgIpc) is 2.76. The number of benzene rings is 1. The minimum atomic E-state index is 0.0179. The van der Waals surface area contributed by atoms with E-state index in [1.165, 1.54) is 0 Å². The van der Waals surface area contributed by atoms with Crippen LogP contribution in [0.4, 0.5) is 5.69 Å². The van der Waals surface area contributed by atoms with Gasteiger partial charge in [0.05, 0.1) is 23.4 Å². The predicted octanol–water partition coefficient (Wildman–Crippen LogP) is 2.06. The molecule has 0 aromatic heterocycles. The van der Waals surface area contributed by atoms with E-state index < -0.39 is 0 Å². The summed E-state index contributed by atoms with van der Waals surface area (Å²) in [5.41, 5.74) is 1.83. The first kappa shape index (κ1) is 11.7. The molecule has 4 heteroatoms. The Labute approximate surface area is 101 Å². The molecule has 0 aliphatic carbocycles. The van der Waals surface area contributed by atoms with E-state index in [2.05, 4.69) is 4.90 Å². The molecule has 1 aliphatic heterocycles. The number of methoxy groups -OCH3 is 1. The number of ether oxygens (including phenoxy) is 1. The van der Waals surface area contributed by atoms with Gasteiger partial charge in [0.2, 0.25) is 0 Å². The van der Waals surface area contributed by atoms with E-state index in [1.54, 1.807) is 7.11 Å². The van der Waals surface area contributed by atoms with Crippen LogP contribution in [0, 0.1) is 0 Å². The fourth-order valence-electron chi connectivity index (χ4n) is 2.17. The van der Waals surface area contributed by atoms with Gasteiger partial charge in [0.15, 0.2) is 0 Å². The molecule has 1 fully saturated rings. The van der Waals surface area contributed by atoms with Gasteiger partial charge >= 0.3 is 0 Å². The summed E-state index contributed by atoms with van der Waals surface area (Å²) in [6, 6.07) is 5.62. The zero-order chi connectivity index (χ0) is 11.5. The van der Waals surface area contributed by atoms with Crippen LogP contribution in [-0.2, 0) is 11.3 Å². The fraction of sp³-hybridized carbons (Fsp3) is 0.500. The summed E-state index contributed by atoms with van der Waals surface area (Å²) in [5, 5.41) is 10.0. The SMILES string of the molecule is COC1CCN(c2c(Cl)cccc2CO)C1. The number of aliphatic hydroxyl groups excluding tert-OH is 1. The normalized spacial score (nSPS) is 20.4. The Kier molecular flexibility index (Phi) is 3.69. The number of aliphatic hydroxyl groups is 1. The van der Waals surface area contributed by atoms with Crippen LogP contribution in [0.25, 0.3) is 0 Å². The molecule has 1 atom stereocenters. The molecule has 1 N–H and O–H groups in total. The highest BCUT2D eigenvalue weighted by Gasteiger charge is 2.25. The lowest BCUT2D eigenvalue weighted by Crippen LogP contribution is -2.23.